The van der Waals surface area contributed by atoms with E-state index in [9.17, 15) is 17.2 Å². The highest BCUT2D eigenvalue weighted by molar-refractivity contribution is 7.89. The Balaban J connectivity index is 1.64. The third-order valence-corrected chi connectivity index (χ3v) is 5.90. The van der Waals surface area contributed by atoms with Crippen LogP contribution in [0.15, 0.2) is 35.4 Å². The first-order chi connectivity index (χ1) is 12.4. The van der Waals surface area contributed by atoms with Crippen molar-refractivity contribution in [3.05, 3.63) is 42.1 Å². The Hall–Kier alpha value is -2.33. The summed E-state index contributed by atoms with van der Waals surface area (Å²) in [4.78, 5) is 7.67. The molecule has 0 N–H and O–H groups in total. The third kappa shape index (κ3) is 3.91. The number of ether oxygens (including phenoxy) is 2. The van der Waals surface area contributed by atoms with Crippen LogP contribution in [0.2, 0.25) is 0 Å². The van der Waals surface area contributed by atoms with Gasteiger partial charge in [-0.05, 0) is 31.0 Å². The molecular weight excluding hydrogens is 368 g/mol. The van der Waals surface area contributed by atoms with Gasteiger partial charge in [-0.2, -0.15) is 9.29 Å². The second-order valence-corrected chi connectivity index (χ2v) is 7.62. The van der Waals surface area contributed by atoms with E-state index in [4.69, 9.17) is 9.47 Å². The van der Waals surface area contributed by atoms with Crippen molar-refractivity contribution in [1.29, 1.82) is 0 Å². The first kappa shape index (κ1) is 18.5. The Kier molecular flexibility index (Phi) is 5.33. The SMILES string of the molecule is COc1nccc(OC2CCN(S(=O)(=O)c3ccc(F)c(F)c3)CC2)n1. The average Bonchev–Trinajstić information content (AvgIpc) is 2.64. The van der Waals surface area contributed by atoms with Crippen LogP contribution in [0.1, 0.15) is 12.8 Å². The number of aromatic nitrogens is 2. The van der Waals surface area contributed by atoms with Crippen LogP contribution in [-0.2, 0) is 10.0 Å². The van der Waals surface area contributed by atoms with Crippen molar-refractivity contribution in [2.75, 3.05) is 20.2 Å². The van der Waals surface area contributed by atoms with Gasteiger partial charge in [0.25, 0.3) is 0 Å². The summed E-state index contributed by atoms with van der Waals surface area (Å²) in [5, 5.41) is 0. The van der Waals surface area contributed by atoms with Crippen molar-refractivity contribution in [2.24, 2.45) is 0 Å². The van der Waals surface area contributed by atoms with Gasteiger partial charge in [-0.15, -0.1) is 0 Å². The van der Waals surface area contributed by atoms with Crippen LogP contribution in [0.5, 0.6) is 11.9 Å². The zero-order valence-corrected chi connectivity index (χ0v) is 14.7. The quantitative estimate of drug-likeness (QED) is 0.783. The number of hydrogen-bond donors (Lipinski definition) is 0. The van der Waals surface area contributed by atoms with Gasteiger partial charge in [0.15, 0.2) is 11.6 Å². The molecule has 3 rings (SSSR count). The second kappa shape index (κ2) is 7.50. The van der Waals surface area contributed by atoms with Crippen molar-refractivity contribution >= 4 is 10.0 Å². The predicted molar refractivity (Wildman–Crippen MR) is 87.4 cm³/mol. The number of hydrogen-bond acceptors (Lipinski definition) is 6. The zero-order chi connectivity index (χ0) is 18.7. The summed E-state index contributed by atoms with van der Waals surface area (Å²) >= 11 is 0. The minimum atomic E-state index is -3.88. The van der Waals surface area contributed by atoms with E-state index in [0.717, 1.165) is 12.1 Å². The number of methoxy groups -OCH3 is 1. The molecule has 140 valence electrons. The molecule has 7 nitrogen and oxygen atoms in total. The van der Waals surface area contributed by atoms with Crippen LogP contribution < -0.4 is 9.47 Å². The van der Waals surface area contributed by atoms with Gasteiger partial charge in [0, 0.05) is 25.4 Å². The van der Waals surface area contributed by atoms with Crippen LogP contribution >= 0.6 is 0 Å². The fourth-order valence-corrected chi connectivity index (χ4v) is 4.12. The van der Waals surface area contributed by atoms with E-state index in [1.54, 1.807) is 6.07 Å². The molecule has 0 unspecified atom stereocenters. The standard InChI is InChI=1S/C16H17F2N3O4S/c1-24-16-19-7-4-15(20-16)25-11-5-8-21(9-6-11)26(22,23)12-2-3-13(17)14(18)10-12/h2-4,7,10-11H,5-6,8-9H2,1H3. The van der Waals surface area contributed by atoms with E-state index in [0.29, 0.717) is 24.8 Å². The van der Waals surface area contributed by atoms with E-state index in [-0.39, 0.29) is 30.1 Å². The van der Waals surface area contributed by atoms with Gasteiger partial charge < -0.3 is 9.47 Å². The Morgan fingerprint density at radius 1 is 1.15 bits per heavy atom. The lowest BCUT2D eigenvalue weighted by atomic mass is 10.1. The van der Waals surface area contributed by atoms with Crippen molar-refractivity contribution in [2.45, 2.75) is 23.8 Å². The number of sulfonamides is 1. The summed E-state index contributed by atoms with van der Waals surface area (Å²) in [5.74, 6) is -1.93. The molecule has 0 saturated carbocycles. The molecule has 0 atom stereocenters. The third-order valence-electron chi connectivity index (χ3n) is 4.01. The lowest BCUT2D eigenvalue weighted by molar-refractivity contribution is 0.128. The minimum absolute atomic E-state index is 0.181. The molecule has 10 heteroatoms. The van der Waals surface area contributed by atoms with Crippen LogP contribution in [0.4, 0.5) is 8.78 Å². The molecule has 0 aliphatic carbocycles. The maximum Gasteiger partial charge on any atom is 0.319 e. The Labute approximate surface area is 149 Å². The van der Waals surface area contributed by atoms with Crippen molar-refractivity contribution in [3.63, 3.8) is 0 Å². The molecular formula is C16H17F2N3O4S. The fraction of sp³-hybridized carbons (Fsp3) is 0.375. The highest BCUT2D eigenvalue weighted by Crippen LogP contribution is 2.24. The molecule has 0 bridgehead atoms. The smallest absolute Gasteiger partial charge is 0.319 e. The van der Waals surface area contributed by atoms with E-state index >= 15 is 0 Å². The molecule has 1 saturated heterocycles. The molecule has 2 heterocycles. The molecule has 0 radical (unpaired) electrons. The van der Waals surface area contributed by atoms with Gasteiger partial charge in [0.2, 0.25) is 15.9 Å². The van der Waals surface area contributed by atoms with Crippen molar-refractivity contribution in [1.82, 2.24) is 14.3 Å². The molecule has 2 aromatic rings. The van der Waals surface area contributed by atoms with E-state index in [2.05, 4.69) is 9.97 Å². The summed E-state index contributed by atoms with van der Waals surface area (Å²) in [6.07, 6.45) is 2.17. The first-order valence-corrected chi connectivity index (χ1v) is 9.33. The van der Waals surface area contributed by atoms with E-state index < -0.39 is 21.7 Å². The lowest BCUT2D eigenvalue weighted by Crippen LogP contribution is -2.41. The Morgan fingerprint density at radius 2 is 1.88 bits per heavy atom. The van der Waals surface area contributed by atoms with Gasteiger partial charge >= 0.3 is 6.01 Å². The number of piperidine rings is 1. The van der Waals surface area contributed by atoms with Gasteiger partial charge in [-0.25, -0.2) is 22.2 Å². The highest BCUT2D eigenvalue weighted by atomic mass is 32.2. The summed E-state index contributed by atoms with van der Waals surface area (Å²) in [5.41, 5.74) is 0. The number of nitrogens with zero attached hydrogens (tertiary/aromatic N) is 3. The van der Waals surface area contributed by atoms with Gasteiger partial charge in [0.05, 0.1) is 12.0 Å². The zero-order valence-electron chi connectivity index (χ0n) is 13.9. The monoisotopic (exact) mass is 385 g/mol. The van der Waals surface area contributed by atoms with E-state index in [1.165, 1.54) is 17.6 Å². The van der Waals surface area contributed by atoms with Crippen molar-refractivity contribution < 1.29 is 26.7 Å². The Morgan fingerprint density at radius 3 is 2.54 bits per heavy atom. The predicted octanol–water partition coefficient (Wildman–Crippen LogP) is 2.00. The average molecular weight is 385 g/mol. The molecule has 1 aromatic heterocycles. The number of benzene rings is 1. The molecule has 1 aromatic carbocycles. The van der Waals surface area contributed by atoms with E-state index in [1.807, 2.05) is 0 Å². The second-order valence-electron chi connectivity index (χ2n) is 5.68. The minimum Gasteiger partial charge on any atom is -0.474 e. The van der Waals surface area contributed by atoms with Crippen LogP contribution in [0.3, 0.4) is 0 Å². The fourth-order valence-electron chi connectivity index (χ4n) is 2.64. The molecule has 0 amide bonds. The summed E-state index contributed by atoms with van der Waals surface area (Å²) in [6, 6.07) is 4.33. The van der Waals surface area contributed by atoms with Crippen LogP contribution in [0, 0.1) is 11.6 Å². The van der Waals surface area contributed by atoms with Crippen LogP contribution in [0.25, 0.3) is 0 Å². The van der Waals surface area contributed by atoms with Gasteiger partial charge in [-0.1, -0.05) is 0 Å². The molecule has 1 fully saturated rings. The topological polar surface area (TPSA) is 81.6 Å². The molecule has 0 spiro atoms. The van der Waals surface area contributed by atoms with Gasteiger partial charge in [-0.3, -0.25) is 0 Å². The largest absolute Gasteiger partial charge is 0.474 e. The lowest BCUT2D eigenvalue weighted by Gasteiger charge is -2.31. The van der Waals surface area contributed by atoms with Crippen molar-refractivity contribution in [3.8, 4) is 11.9 Å². The molecule has 26 heavy (non-hydrogen) atoms. The number of rotatable bonds is 5. The van der Waals surface area contributed by atoms with Crippen LogP contribution in [-0.4, -0.2) is 49.0 Å². The summed E-state index contributed by atoms with van der Waals surface area (Å²) in [7, 11) is -2.44. The Bertz CT molecular complexity index is 887. The first-order valence-electron chi connectivity index (χ1n) is 7.89. The molecule has 1 aliphatic heterocycles. The normalized spacial score (nSPS) is 16.4. The maximum absolute atomic E-state index is 13.3. The number of halogens is 2. The van der Waals surface area contributed by atoms with Gasteiger partial charge in [0.1, 0.15) is 6.10 Å². The summed E-state index contributed by atoms with van der Waals surface area (Å²) in [6.45, 7) is 0.405. The summed E-state index contributed by atoms with van der Waals surface area (Å²) < 4.78 is 63.4. The maximum atomic E-state index is 13.3. The highest BCUT2D eigenvalue weighted by Gasteiger charge is 2.31. The molecule has 1 aliphatic rings.